The van der Waals surface area contributed by atoms with E-state index in [0.29, 0.717) is 0 Å². The van der Waals surface area contributed by atoms with Gasteiger partial charge >= 0.3 is 7.12 Å². The molecular weight excluding hydrogens is 219 g/mol. The van der Waals surface area contributed by atoms with Gasteiger partial charge in [0.15, 0.2) is 0 Å². The van der Waals surface area contributed by atoms with Gasteiger partial charge in [-0.3, -0.25) is 4.79 Å². The normalized spacial score (nSPS) is 10.4. The third-order valence-corrected chi connectivity index (χ3v) is 1.92. The van der Waals surface area contributed by atoms with E-state index in [-0.39, 0.29) is 17.1 Å². The summed E-state index contributed by atoms with van der Waals surface area (Å²) in [5.41, 5.74) is -0.551. The van der Waals surface area contributed by atoms with E-state index in [4.69, 9.17) is 10.0 Å². The van der Waals surface area contributed by atoms with Gasteiger partial charge in [-0.2, -0.15) is 0 Å². The molecule has 0 bridgehead atoms. The van der Waals surface area contributed by atoms with Crippen LogP contribution >= 0.6 is 0 Å². The van der Waals surface area contributed by atoms with E-state index in [1.807, 2.05) is 0 Å². The summed E-state index contributed by atoms with van der Waals surface area (Å²) in [5, 5.41) is 20.2. The first kappa shape index (κ1) is 12.6. The van der Waals surface area contributed by atoms with E-state index in [2.05, 4.69) is 5.32 Å². The van der Waals surface area contributed by atoms with Crippen molar-refractivity contribution in [3.05, 3.63) is 23.8 Å². The first-order chi connectivity index (χ1) is 7.41. The lowest BCUT2D eigenvalue weighted by Gasteiger charge is -2.10. The second-order valence-corrected chi connectivity index (χ2v) is 3.20. The maximum Gasteiger partial charge on any atom is 0.488 e. The molecule has 0 heterocycles. The summed E-state index contributed by atoms with van der Waals surface area (Å²) in [7, 11) is -2.00. The van der Waals surface area contributed by atoms with Crippen LogP contribution in [0.5, 0.6) is 0 Å². The number of halogens is 2. The van der Waals surface area contributed by atoms with Crippen molar-refractivity contribution in [2.75, 3.05) is 5.32 Å². The van der Waals surface area contributed by atoms with Crippen LogP contribution in [0.15, 0.2) is 18.2 Å². The zero-order valence-corrected chi connectivity index (χ0v) is 8.45. The summed E-state index contributed by atoms with van der Waals surface area (Å²) in [6.45, 7) is 1.26. The van der Waals surface area contributed by atoms with Crippen LogP contribution in [-0.4, -0.2) is 23.1 Å². The van der Waals surface area contributed by atoms with Gasteiger partial charge in [-0.25, -0.2) is 8.78 Å². The molecule has 0 saturated carbocycles. The fourth-order valence-corrected chi connectivity index (χ4v) is 1.28. The largest absolute Gasteiger partial charge is 0.488 e. The van der Waals surface area contributed by atoms with Gasteiger partial charge < -0.3 is 15.4 Å². The zero-order chi connectivity index (χ0) is 12.3. The van der Waals surface area contributed by atoms with Crippen LogP contribution in [0.2, 0.25) is 0 Å². The van der Waals surface area contributed by atoms with Crippen molar-refractivity contribution in [3.63, 3.8) is 0 Å². The lowest BCUT2D eigenvalue weighted by atomic mass is 9.77. The smallest absolute Gasteiger partial charge is 0.423 e. The predicted octanol–water partition coefficient (Wildman–Crippen LogP) is 0.262. The molecule has 0 aliphatic carbocycles. The number of carbonyl (C=O) groups excluding carboxylic acids is 1. The van der Waals surface area contributed by atoms with Crippen LogP contribution in [0.25, 0.3) is 0 Å². The molecule has 1 aromatic rings. The molecule has 0 aliphatic heterocycles. The minimum absolute atomic E-state index is 0.236. The van der Waals surface area contributed by atoms with Crippen molar-refractivity contribution in [2.45, 2.75) is 13.3 Å². The Kier molecular flexibility index (Phi) is 3.97. The van der Waals surface area contributed by atoms with Gasteiger partial charge in [-0.15, -0.1) is 0 Å². The van der Waals surface area contributed by atoms with E-state index in [1.54, 1.807) is 0 Å². The standard InChI is InChI=1S/C9H10BF2NO3/c1-5(14)13-6-2-3-7(9(11)12)8(4-6)10(15)16/h2-4,9,15-16H,1H3,(H,13,14). The van der Waals surface area contributed by atoms with E-state index in [9.17, 15) is 13.6 Å². The van der Waals surface area contributed by atoms with Gasteiger partial charge in [-0.05, 0) is 17.6 Å². The molecule has 0 atom stereocenters. The molecular formula is C9H10BF2NO3. The Hall–Kier alpha value is -1.47. The molecule has 86 valence electrons. The summed E-state index contributed by atoms with van der Waals surface area (Å²) < 4.78 is 24.9. The number of hydrogen-bond donors (Lipinski definition) is 3. The summed E-state index contributed by atoms with van der Waals surface area (Å²) in [5.74, 6) is -0.372. The highest BCUT2D eigenvalue weighted by atomic mass is 19.3. The van der Waals surface area contributed by atoms with Crippen LogP contribution in [0.3, 0.4) is 0 Å². The molecule has 0 saturated heterocycles. The van der Waals surface area contributed by atoms with Gasteiger partial charge in [0, 0.05) is 18.2 Å². The highest BCUT2D eigenvalue weighted by molar-refractivity contribution is 6.59. The Balaban J connectivity index is 3.12. The first-order valence-electron chi connectivity index (χ1n) is 4.47. The second-order valence-electron chi connectivity index (χ2n) is 3.20. The molecule has 1 rings (SSSR count). The van der Waals surface area contributed by atoms with Crippen molar-refractivity contribution < 1.29 is 23.6 Å². The highest BCUT2D eigenvalue weighted by Crippen LogP contribution is 2.19. The third kappa shape index (κ3) is 3.01. The Morgan fingerprint density at radius 1 is 1.44 bits per heavy atom. The molecule has 1 aromatic carbocycles. The summed E-state index contributed by atoms with van der Waals surface area (Å²) in [6, 6.07) is 3.42. The maximum absolute atomic E-state index is 12.5. The highest BCUT2D eigenvalue weighted by Gasteiger charge is 2.21. The molecule has 0 spiro atoms. The fraction of sp³-hybridized carbons (Fsp3) is 0.222. The number of rotatable bonds is 3. The van der Waals surface area contributed by atoms with Gasteiger partial charge in [0.25, 0.3) is 6.43 Å². The topological polar surface area (TPSA) is 69.6 Å². The van der Waals surface area contributed by atoms with Gasteiger partial charge in [0.1, 0.15) is 0 Å². The first-order valence-corrected chi connectivity index (χ1v) is 4.47. The Morgan fingerprint density at radius 3 is 2.50 bits per heavy atom. The zero-order valence-electron chi connectivity index (χ0n) is 8.45. The van der Waals surface area contributed by atoms with E-state index >= 15 is 0 Å². The minimum Gasteiger partial charge on any atom is -0.423 e. The molecule has 1 amide bonds. The Labute approximate surface area is 91.0 Å². The lowest BCUT2D eigenvalue weighted by Crippen LogP contribution is -2.33. The number of carbonyl (C=O) groups is 1. The molecule has 0 unspecified atom stereocenters. The Morgan fingerprint density at radius 2 is 2.06 bits per heavy atom. The molecule has 16 heavy (non-hydrogen) atoms. The average molecular weight is 229 g/mol. The minimum atomic E-state index is -2.80. The average Bonchev–Trinajstić information content (AvgIpc) is 2.16. The maximum atomic E-state index is 12.5. The molecule has 0 aliphatic rings. The number of alkyl halides is 2. The summed E-state index contributed by atoms with van der Waals surface area (Å²) in [4.78, 5) is 10.7. The van der Waals surface area contributed by atoms with Crippen LogP contribution < -0.4 is 10.8 Å². The molecule has 4 nitrogen and oxygen atoms in total. The van der Waals surface area contributed by atoms with Crippen LogP contribution in [-0.2, 0) is 4.79 Å². The van der Waals surface area contributed by atoms with Gasteiger partial charge in [0.2, 0.25) is 5.91 Å². The van der Waals surface area contributed by atoms with Crippen molar-refractivity contribution in [1.29, 1.82) is 0 Å². The number of benzene rings is 1. The van der Waals surface area contributed by atoms with Crippen molar-refractivity contribution in [1.82, 2.24) is 0 Å². The Bertz CT molecular complexity index is 398. The number of anilines is 1. The molecule has 7 heteroatoms. The van der Waals surface area contributed by atoms with Gasteiger partial charge in [-0.1, -0.05) is 6.07 Å². The summed E-state index contributed by atoms with van der Waals surface area (Å²) >= 11 is 0. The van der Waals surface area contributed by atoms with E-state index in [1.165, 1.54) is 13.0 Å². The summed E-state index contributed by atoms with van der Waals surface area (Å²) in [6.07, 6.45) is -2.80. The van der Waals surface area contributed by atoms with Crippen molar-refractivity contribution >= 4 is 24.2 Å². The molecule has 0 radical (unpaired) electrons. The quantitative estimate of drug-likeness (QED) is 0.651. The molecule has 0 aromatic heterocycles. The van der Waals surface area contributed by atoms with Crippen LogP contribution in [0.1, 0.15) is 18.9 Å². The van der Waals surface area contributed by atoms with Crippen LogP contribution in [0.4, 0.5) is 14.5 Å². The van der Waals surface area contributed by atoms with E-state index in [0.717, 1.165) is 12.1 Å². The fourth-order valence-electron chi connectivity index (χ4n) is 1.28. The number of amides is 1. The van der Waals surface area contributed by atoms with Crippen molar-refractivity contribution in [3.8, 4) is 0 Å². The number of hydrogen-bond acceptors (Lipinski definition) is 3. The molecule has 3 N–H and O–H groups in total. The van der Waals surface area contributed by atoms with Crippen LogP contribution in [0, 0.1) is 0 Å². The molecule has 0 fully saturated rings. The monoisotopic (exact) mass is 229 g/mol. The second kappa shape index (κ2) is 5.04. The van der Waals surface area contributed by atoms with E-state index < -0.39 is 19.1 Å². The predicted molar refractivity (Wildman–Crippen MR) is 55.5 cm³/mol. The third-order valence-electron chi connectivity index (χ3n) is 1.92. The number of nitrogens with one attached hydrogen (secondary N) is 1. The van der Waals surface area contributed by atoms with Gasteiger partial charge in [0.05, 0.1) is 0 Å². The van der Waals surface area contributed by atoms with Crippen molar-refractivity contribution in [2.24, 2.45) is 0 Å². The lowest BCUT2D eigenvalue weighted by molar-refractivity contribution is -0.114. The SMILES string of the molecule is CC(=O)Nc1ccc(C(F)F)c(B(O)O)c1.